The topological polar surface area (TPSA) is 34.1 Å². The van der Waals surface area contributed by atoms with E-state index in [1.165, 1.54) is 0 Å². The van der Waals surface area contributed by atoms with Gasteiger partial charge in [0.2, 0.25) is 12.0 Å². The molecular formula is C4H3F3O2. The van der Waals surface area contributed by atoms with Gasteiger partial charge in [-0.15, -0.1) is 0 Å². The van der Waals surface area contributed by atoms with Gasteiger partial charge in [0.05, 0.1) is 0 Å². The zero-order valence-electron chi connectivity index (χ0n) is 4.18. The Morgan fingerprint density at radius 1 is 1.33 bits per heavy atom. The molecular weight excluding hydrogens is 137 g/mol. The maximum Gasteiger partial charge on any atom is 0.276 e. The van der Waals surface area contributed by atoms with Crippen molar-refractivity contribution in [1.82, 2.24) is 0 Å². The fourth-order valence-electron chi connectivity index (χ4n) is 0.189. The molecule has 0 aliphatic heterocycles. The number of halogens is 3. The van der Waals surface area contributed by atoms with Crippen molar-refractivity contribution >= 4 is 12.1 Å². The number of rotatable bonds is 3. The highest BCUT2D eigenvalue weighted by atomic mass is 19.3. The first-order valence-corrected chi connectivity index (χ1v) is 2.01. The average molecular weight is 140 g/mol. The van der Waals surface area contributed by atoms with Gasteiger partial charge in [0.25, 0.3) is 6.43 Å². The lowest BCUT2D eigenvalue weighted by molar-refractivity contribution is -0.137. The minimum absolute atomic E-state index is 0.461. The number of aldehydes is 1. The summed E-state index contributed by atoms with van der Waals surface area (Å²) in [5, 5.41) is 0. The van der Waals surface area contributed by atoms with Gasteiger partial charge in [-0.3, -0.25) is 9.59 Å². The molecule has 5 heteroatoms. The molecule has 0 radical (unpaired) electrons. The standard InChI is InChI=1S/C4H3F3O2/c5-3(4(6)7)2(9)1-8/h1,3-4H. The van der Waals surface area contributed by atoms with Crippen LogP contribution < -0.4 is 0 Å². The van der Waals surface area contributed by atoms with E-state index in [4.69, 9.17) is 0 Å². The van der Waals surface area contributed by atoms with Crippen molar-refractivity contribution in [3.05, 3.63) is 0 Å². The van der Waals surface area contributed by atoms with Crippen LogP contribution in [0.2, 0.25) is 0 Å². The Morgan fingerprint density at radius 3 is 1.89 bits per heavy atom. The minimum atomic E-state index is -3.40. The van der Waals surface area contributed by atoms with Crippen molar-refractivity contribution in [3.8, 4) is 0 Å². The summed E-state index contributed by atoms with van der Waals surface area (Å²) in [6.45, 7) is 0. The number of Topliss-reactive ketones (excluding diaryl/α,β-unsaturated/α-hetero) is 1. The van der Waals surface area contributed by atoms with Crippen molar-refractivity contribution in [1.29, 1.82) is 0 Å². The summed E-state index contributed by atoms with van der Waals surface area (Å²) in [6, 6.07) is 0. The van der Waals surface area contributed by atoms with Crippen LogP contribution in [0.25, 0.3) is 0 Å². The van der Waals surface area contributed by atoms with E-state index >= 15 is 0 Å². The summed E-state index contributed by atoms with van der Waals surface area (Å²) in [6.07, 6.45) is -6.82. The van der Waals surface area contributed by atoms with Crippen LogP contribution in [0.5, 0.6) is 0 Å². The van der Waals surface area contributed by atoms with Crippen LogP contribution in [0.1, 0.15) is 0 Å². The predicted molar refractivity (Wildman–Crippen MR) is 22.0 cm³/mol. The Morgan fingerprint density at radius 2 is 1.78 bits per heavy atom. The second-order valence-corrected chi connectivity index (χ2v) is 1.26. The van der Waals surface area contributed by atoms with Gasteiger partial charge in [0.1, 0.15) is 0 Å². The number of carbonyl (C=O) groups is 2. The van der Waals surface area contributed by atoms with Crippen molar-refractivity contribution in [2.45, 2.75) is 12.6 Å². The van der Waals surface area contributed by atoms with E-state index in [9.17, 15) is 22.8 Å². The molecule has 0 N–H and O–H groups in total. The van der Waals surface area contributed by atoms with Crippen LogP contribution in [-0.4, -0.2) is 24.7 Å². The summed E-state index contributed by atoms with van der Waals surface area (Å²) >= 11 is 0. The summed E-state index contributed by atoms with van der Waals surface area (Å²) in [7, 11) is 0. The molecule has 0 saturated heterocycles. The molecule has 1 unspecified atom stereocenters. The first-order chi connectivity index (χ1) is 4.09. The molecule has 1 atom stereocenters. The summed E-state index contributed by atoms with van der Waals surface area (Å²) < 4.78 is 33.8. The Hall–Kier alpha value is -0.870. The van der Waals surface area contributed by atoms with Crippen molar-refractivity contribution in [2.24, 2.45) is 0 Å². The molecule has 0 aromatic carbocycles. The van der Waals surface area contributed by atoms with Gasteiger partial charge >= 0.3 is 0 Å². The molecule has 0 fully saturated rings. The fraction of sp³-hybridized carbons (Fsp3) is 0.500. The SMILES string of the molecule is O=CC(=O)C(F)C(F)F. The fourth-order valence-corrected chi connectivity index (χ4v) is 0.189. The number of ketones is 1. The summed E-state index contributed by atoms with van der Waals surface area (Å²) in [5.41, 5.74) is 0. The van der Waals surface area contributed by atoms with Crippen LogP contribution in [0, 0.1) is 0 Å². The van der Waals surface area contributed by atoms with Crippen LogP contribution >= 0.6 is 0 Å². The third-order valence-electron chi connectivity index (χ3n) is 0.609. The van der Waals surface area contributed by atoms with Crippen molar-refractivity contribution < 1.29 is 22.8 Å². The number of hydrogen-bond acceptors (Lipinski definition) is 2. The monoisotopic (exact) mass is 140 g/mol. The van der Waals surface area contributed by atoms with E-state index in [0.717, 1.165) is 0 Å². The number of hydrogen-bond donors (Lipinski definition) is 0. The molecule has 9 heavy (non-hydrogen) atoms. The summed E-state index contributed by atoms with van der Waals surface area (Å²) in [4.78, 5) is 19.1. The maximum absolute atomic E-state index is 11.6. The lowest BCUT2D eigenvalue weighted by Crippen LogP contribution is -2.24. The van der Waals surface area contributed by atoms with Gasteiger partial charge in [0, 0.05) is 0 Å². The third kappa shape index (κ3) is 2.25. The largest absolute Gasteiger partial charge is 0.294 e. The molecule has 0 aliphatic rings. The van der Waals surface area contributed by atoms with Gasteiger partial charge < -0.3 is 0 Å². The normalized spacial score (nSPS) is 13.3. The van der Waals surface area contributed by atoms with Gasteiger partial charge in [-0.25, -0.2) is 13.2 Å². The number of carbonyl (C=O) groups excluding carboxylic acids is 2. The first kappa shape index (κ1) is 8.13. The van der Waals surface area contributed by atoms with Crippen LogP contribution in [0.15, 0.2) is 0 Å². The molecule has 0 heterocycles. The van der Waals surface area contributed by atoms with E-state index in [0.29, 0.717) is 0 Å². The molecule has 0 aliphatic carbocycles. The second kappa shape index (κ2) is 3.21. The highest BCUT2D eigenvalue weighted by Gasteiger charge is 2.26. The third-order valence-corrected chi connectivity index (χ3v) is 0.609. The lowest BCUT2D eigenvalue weighted by Gasteiger charge is -1.97. The van der Waals surface area contributed by atoms with Crippen molar-refractivity contribution in [3.63, 3.8) is 0 Å². The van der Waals surface area contributed by atoms with E-state index < -0.39 is 24.7 Å². The van der Waals surface area contributed by atoms with Gasteiger partial charge in [-0.2, -0.15) is 0 Å². The smallest absolute Gasteiger partial charge is 0.276 e. The first-order valence-electron chi connectivity index (χ1n) is 2.01. The number of alkyl halides is 3. The lowest BCUT2D eigenvalue weighted by atomic mass is 10.3. The molecule has 0 aromatic heterocycles. The van der Waals surface area contributed by atoms with Gasteiger partial charge in [-0.1, -0.05) is 0 Å². The Kier molecular flexibility index (Phi) is 2.90. The average Bonchev–Trinajstić information content (AvgIpc) is 1.84. The Balaban J connectivity index is 3.87. The predicted octanol–water partition coefficient (Wildman–Crippen LogP) is 0.358. The van der Waals surface area contributed by atoms with Crippen LogP contribution in [0.3, 0.4) is 0 Å². The molecule has 52 valence electrons. The highest BCUT2D eigenvalue weighted by Crippen LogP contribution is 2.04. The molecule has 0 saturated carbocycles. The quantitative estimate of drug-likeness (QED) is 0.419. The van der Waals surface area contributed by atoms with Crippen LogP contribution in [-0.2, 0) is 9.59 Å². The molecule has 0 spiro atoms. The summed E-state index contributed by atoms with van der Waals surface area (Å²) in [5.74, 6) is -1.72. The zero-order valence-corrected chi connectivity index (χ0v) is 4.18. The molecule has 0 aromatic rings. The van der Waals surface area contributed by atoms with E-state index in [1.807, 2.05) is 0 Å². The van der Waals surface area contributed by atoms with Crippen molar-refractivity contribution in [2.75, 3.05) is 0 Å². The Labute approximate surface area is 48.7 Å². The minimum Gasteiger partial charge on any atom is -0.294 e. The van der Waals surface area contributed by atoms with Gasteiger partial charge in [-0.05, 0) is 0 Å². The Bertz CT molecular complexity index is 123. The van der Waals surface area contributed by atoms with E-state index in [1.54, 1.807) is 0 Å². The highest BCUT2D eigenvalue weighted by molar-refractivity contribution is 6.27. The maximum atomic E-state index is 11.6. The zero-order chi connectivity index (χ0) is 7.44. The molecule has 0 amide bonds. The molecule has 2 nitrogen and oxygen atoms in total. The molecule has 0 rings (SSSR count). The van der Waals surface area contributed by atoms with E-state index in [2.05, 4.69) is 0 Å². The van der Waals surface area contributed by atoms with Crippen LogP contribution in [0.4, 0.5) is 13.2 Å². The van der Waals surface area contributed by atoms with Gasteiger partial charge in [0.15, 0.2) is 6.29 Å². The molecule has 0 bridgehead atoms. The second-order valence-electron chi connectivity index (χ2n) is 1.26. The van der Waals surface area contributed by atoms with E-state index in [-0.39, 0.29) is 0 Å².